The number of nitrogens with one attached hydrogen (secondary N) is 1. The van der Waals surface area contributed by atoms with Crippen molar-refractivity contribution in [3.63, 3.8) is 0 Å². The molecule has 1 aliphatic rings. The molecule has 1 atom stereocenters. The first-order valence-corrected chi connectivity index (χ1v) is 7.23. The first-order valence-electron chi connectivity index (χ1n) is 7.23. The molecular formula is C17H14FNO5. The van der Waals surface area contributed by atoms with Crippen molar-refractivity contribution in [1.82, 2.24) is 0 Å². The van der Waals surface area contributed by atoms with E-state index in [0.717, 1.165) is 0 Å². The van der Waals surface area contributed by atoms with Gasteiger partial charge in [0, 0.05) is 0 Å². The summed E-state index contributed by atoms with van der Waals surface area (Å²) in [6.45, 7) is -0.556. The van der Waals surface area contributed by atoms with E-state index < -0.39 is 30.4 Å². The molecule has 1 heterocycles. The Balaban J connectivity index is 1.51. The number of benzene rings is 2. The van der Waals surface area contributed by atoms with Crippen LogP contribution in [0.4, 0.5) is 10.1 Å². The molecule has 7 heteroatoms. The normalized spacial score (nSPS) is 15.5. The summed E-state index contributed by atoms with van der Waals surface area (Å²) in [4.78, 5) is 23.7. The fraction of sp³-hybridized carbons (Fsp3) is 0.176. The summed E-state index contributed by atoms with van der Waals surface area (Å²) < 4.78 is 29.2. The molecule has 0 fully saturated rings. The van der Waals surface area contributed by atoms with Crippen LogP contribution in [0.15, 0.2) is 48.5 Å². The quantitative estimate of drug-likeness (QED) is 0.869. The predicted molar refractivity (Wildman–Crippen MR) is 82.3 cm³/mol. The molecule has 24 heavy (non-hydrogen) atoms. The molecule has 1 N–H and O–H groups in total. The minimum atomic E-state index is -0.957. The van der Waals surface area contributed by atoms with Gasteiger partial charge in [-0.15, -0.1) is 0 Å². The van der Waals surface area contributed by atoms with E-state index in [4.69, 9.17) is 14.2 Å². The number of halogens is 1. The van der Waals surface area contributed by atoms with Crippen molar-refractivity contribution < 1.29 is 28.2 Å². The van der Waals surface area contributed by atoms with Gasteiger partial charge in [-0.05, 0) is 24.3 Å². The zero-order valence-electron chi connectivity index (χ0n) is 12.5. The number of rotatable bonds is 4. The van der Waals surface area contributed by atoms with E-state index in [1.165, 1.54) is 18.2 Å². The number of anilines is 1. The van der Waals surface area contributed by atoms with Crippen molar-refractivity contribution in [2.24, 2.45) is 0 Å². The Bertz CT molecular complexity index is 764. The summed E-state index contributed by atoms with van der Waals surface area (Å²) in [5.74, 6) is -0.975. The summed E-state index contributed by atoms with van der Waals surface area (Å²) in [7, 11) is 0. The third kappa shape index (κ3) is 3.62. The third-order valence-corrected chi connectivity index (χ3v) is 3.26. The number of hydrogen-bond acceptors (Lipinski definition) is 5. The van der Waals surface area contributed by atoms with Crippen LogP contribution in [0.5, 0.6) is 11.5 Å². The minimum Gasteiger partial charge on any atom is -0.485 e. The summed E-state index contributed by atoms with van der Waals surface area (Å²) >= 11 is 0. The molecule has 6 nitrogen and oxygen atoms in total. The Hall–Kier alpha value is -3.09. The number of hydrogen-bond donors (Lipinski definition) is 1. The Morgan fingerprint density at radius 2 is 1.83 bits per heavy atom. The Kier molecular flexibility index (Phi) is 4.60. The van der Waals surface area contributed by atoms with E-state index in [9.17, 15) is 14.0 Å². The summed E-state index contributed by atoms with van der Waals surface area (Å²) in [5.41, 5.74) is 0.0183. The van der Waals surface area contributed by atoms with Crippen molar-refractivity contribution >= 4 is 17.6 Å². The third-order valence-electron chi connectivity index (χ3n) is 3.26. The molecule has 1 unspecified atom stereocenters. The van der Waals surface area contributed by atoms with Crippen LogP contribution >= 0.6 is 0 Å². The molecule has 1 aliphatic heterocycles. The molecule has 0 radical (unpaired) electrons. The van der Waals surface area contributed by atoms with Crippen LogP contribution in [0.25, 0.3) is 0 Å². The topological polar surface area (TPSA) is 73.9 Å². The monoisotopic (exact) mass is 331 g/mol. The van der Waals surface area contributed by atoms with Gasteiger partial charge < -0.3 is 19.5 Å². The standard InChI is InChI=1S/C17H14FNO5/c18-11-5-1-2-6-12(11)19-16(20)10-23-17(21)15-9-22-13-7-3-4-8-14(13)24-15/h1-8,15H,9-10H2,(H,19,20). The fourth-order valence-corrected chi connectivity index (χ4v) is 2.11. The highest BCUT2D eigenvalue weighted by Gasteiger charge is 2.29. The van der Waals surface area contributed by atoms with Gasteiger partial charge in [-0.3, -0.25) is 4.79 Å². The van der Waals surface area contributed by atoms with E-state index in [2.05, 4.69) is 5.32 Å². The number of fused-ring (bicyclic) bond motifs is 1. The molecule has 3 rings (SSSR count). The van der Waals surface area contributed by atoms with Crippen LogP contribution in [0.3, 0.4) is 0 Å². The highest BCUT2D eigenvalue weighted by molar-refractivity contribution is 5.93. The Labute approximate surface area is 137 Å². The van der Waals surface area contributed by atoms with Gasteiger partial charge in [0.05, 0.1) is 5.69 Å². The lowest BCUT2D eigenvalue weighted by Gasteiger charge is -2.24. The van der Waals surface area contributed by atoms with Gasteiger partial charge in [-0.1, -0.05) is 24.3 Å². The molecule has 2 aromatic rings. The second-order valence-electron chi connectivity index (χ2n) is 5.00. The average molecular weight is 331 g/mol. The van der Waals surface area contributed by atoms with Crippen molar-refractivity contribution in [2.45, 2.75) is 6.10 Å². The molecule has 124 valence electrons. The zero-order valence-corrected chi connectivity index (χ0v) is 12.5. The number of para-hydroxylation sites is 3. The van der Waals surface area contributed by atoms with Gasteiger partial charge in [0.2, 0.25) is 6.10 Å². The largest absolute Gasteiger partial charge is 0.485 e. The van der Waals surface area contributed by atoms with E-state index in [1.807, 2.05) is 0 Å². The van der Waals surface area contributed by atoms with Crippen LogP contribution < -0.4 is 14.8 Å². The molecule has 2 aromatic carbocycles. The second-order valence-corrected chi connectivity index (χ2v) is 5.00. The van der Waals surface area contributed by atoms with Crippen molar-refractivity contribution in [2.75, 3.05) is 18.5 Å². The van der Waals surface area contributed by atoms with E-state index >= 15 is 0 Å². The molecule has 0 aliphatic carbocycles. The highest BCUT2D eigenvalue weighted by atomic mass is 19.1. The van der Waals surface area contributed by atoms with E-state index in [0.29, 0.717) is 11.5 Å². The maximum absolute atomic E-state index is 13.4. The number of esters is 1. The first-order chi connectivity index (χ1) is 11.6. The predicted octanol–water partition coefficient (Wildman–Crippen LogP) is 2.15. The van der Waals surface area contributed by atoms with Gasteiger partial charge in [0.1, 0.15) is 12.4 Å². The highest BCUT2D eigenvalue weighted by Crippen LogP contribution is 2.31. The zero-order chi connectivity index (χ0) is 16.9. The smallest absolute Gasteiger partial charge is 0.351 e. The molecule has 0 saturated carbocycles. The van der Waals surface area contributed by atoms with Gasteiger partial charge in [-0.25, -0.2) is 9.18 Å². The van der Waals surface area contributed by atoms with Crippen LogP contribution in [0.2, 0.25) is 0 Å². The molecular weight excluding hydrogens is 317 g/mol. The second kappa shape index (κ2) is 6.99. The van der Waals surface area contributed by atoms with Crippen LogP contribution in [-0.4, -0.2) is 31.2 Å². The number of amides is 1. The fourth-order valence-electron chi connectivity index (χ4n) is 2.11. The molecule has 0 bridgehead atoms. The van der Waals surface area contributed by atoms with E-state index in [-0.39, 0.29) is 12.3 Å². The number of carbonyl (C=O) groups is 2. The maximum atomic E-state index is 13.4. The van der Waals surface area contributed by atoms with Crippen molar-refractivity contribution in [3.05, 3.63) is 54.3 Å². The van der Waals surface area contributed by atoms with E-state index in [1.54, 1.807) is 30.3 Å². The van der Waals surface area contributed by atoms with Crippen molar-refractivity contribution in [1.29, 1.82) is 0 Å². The summed E-state index contributed by atoms with van der Waals surface area (Å²) in [5, 5.41) is 2.32. The Morgan fingerprint density at radius 3 is 2.62 bits per heavy atom. The first kappa shape index (κ1) is 15.8. The lowest BCUT2D eigenvalue weighted by Crippen LogP contribution is -2.39. The molecule has 0 saturated heterocycles. The SMILES string of the molecule is O=C(COC(=O)C1COc2ccccc2O1)Nc1ccccc1F. The van der Waals surface area contributed by atoms with Crippen LogP contribution in [0.1, 0.15) is 0 Å². The van der Waals surface area contributed by atoms with Gasteiger partial charge in [-0.2, -0.15) is 0 Å². The number of carbonyl (C=O) groups excluding carboxylic acids is 2. The maximum Gasteiger partial charge on any atom is 0.351 e. The van der Waals surface area contributed by atoms with Gasteiger partial charge in [0.25, 0.3) is 5.91 Å². The minimum absolute atomic E-state index is 0.00915. The van der Waals surface area contributed by atoms with Gasteiger partial charge >= 0.3 is 5.97 Å². The van der Waals surface area contributed by atoms with Crippen molar-refractivity contribution in [3.8, 4) is 11.5 Å². The number of ether oxygens (including phenoxy) is 3. The summed E-state index contributed by atoms with van der Waals surface area (Å²) in [6, 6.07) is 12.6. The van der Waals surface area contributed by atoms with Crippen LogP contribution in [0, 0.1) is 5.82 Å². The molecule has 1 amide bonds. The molecule has 0 spiro atoms. The lowest BCUT2D eigenvalue weighted by molar-refractivity contribution is -0.156. The molecule has 0 aromatic heterocycles. The average Bonchev–Trinajstić information content (AvgIpc) is 2.61. The lowest BCUT2D eigenvalue weighted by atomic mass is 10.2. The summed E-state index contributed by atoms with van der Waals surface area (Å²) in [6.07, 6.45) is -0.957. The van der Waals surface area contributed by atoms with Crippen LogP contribution in [-0.2, 0) is 14.3 Å². The Morgan fingerprint density at radius 1 is 1.12 bits per heavy atom. The van der Waals surface area contributed by atoms with Gasteiger partial charge in [0.15, 0.2) is 18.1 Å².